The monoisotopic (exact) mass is 435 g/mol. The van der Waals surface area contributed by atoms with Gasteiger partial charge in [-0.25, -0.2) is 4.79 Å². The maximum absolute atomic E-state index is 12.6. The lowest BCUT2D eigenvalue weighted by molar-refractivity contribution is -0.119. The summed E-state index contributed by atoms with van der Waals surface area (Å²) in [4.78, 5) is 26.6. The van der Waals surface area contributed by atoms with E-state index in [1.54, 1.807) is 34.6 Å². The van der Waals surface area contributed by atoms with Crippen LogP contribution < -0.4 is 0 Å². The van der Waals surface area contributed by atoms with Crippen LogP contribution in [0.1, 0.15) is 119 Å². The summed E-state index contributed by atoms with van der Waals surface area (Å²) in [5, 5.41) is 0. The molecule has 1 amide bonds. The molecule has 0 spiro atoms. The van der Waals surface area contributed by atoms with Crippen LogP contribution in [0, 0.1) is 11.8 Å². The van der Waals surface area contributed by atoms with Crippen LogP contribution in [0.15, 0.2) is 0 Å². The number of hydrogen-bond donors (Lipinski definition) is 0. The van der Waals surface area contributed by atoms with Gasteiger partial charge in [0.1, 0.15) is 17.4 Å². The first-order valence-corrected chi connectivity index (χ1v) is 12.3. The Hall–Kier alpha value is -1.54. The number of ether oxygens (including phenoxy) is 2. The number of amides is 1. The minimum atomic E-state index is -0.889. The van der Waals surface area contributed by atoms with Gasteiger partial charge in [0.05, 0.1) is 6.61 Å². The fourth-order valence-corrected chi connectivity index (χ4v) is 3.76. The van der Waals surface area contributed by atoms with E-state index >= 15 is 0 Å². The van der Waals surface area contributed by atoms with Gasteiger partial charge in [-0.1, -0.05) is 77.1 Å². The number of nitrogens with zero attached hydrogens (tertiary/aromatic N) is 1. The summed E-state index contributed by atoms with van der Waals surface area (Å²) in [7, 11) is 0. The van der Waals surface area contributed by atoms with Crippen LogP contribution in [0.4, 0.5) is 4.79 Å². The van der Waals surface area contributed by atoms with Gasteiger partial charge in [-0.3, -0.25) is 9.69 Å². The topological polar surface area (TPSA) is 55.8 Å². The van der Waals surface area contributed by atoms with Crippen molar-refractivity contribution >= 4 is 11.9 Å². The molecule has 0 bridgehead atoms. The molecule has 0 aromatic heterocycles. The molecule has 0 N–H and O–H groups in total. The van der Waals surface area contributed by atoms with Crippen LogP contribution in [0.3, 0.4) is 0 Å². The highest BCUT2D eigenvalue weighted by Crippen LogP contribution is 2.29. The van der Waals surface area contributed by atoms with E-state index in [2.05, 4.69) is 18.8 Å². The van der Waals surface area contributed by atoms with E-state index in [0.717, 1.165) is 12.8 Å². The number of carbonyl (C=O) groups is 2. The Morgan fingerprint density at radius 2 is 1.48 bits per heavy atom. The Bertz CT molecular complexity index is 609. The molecule has 31 heavy (non-hydrogen) atoms. The molecular formula is C26H45NO4. The highest BCUT2D eigenvalue weighted by atomic mass is 16.6. The highest BCUT2D eigenvalue weighted by molar-refractivity contribution is 6.01. The minimum Gasteiger partial charge on any atom is -0.444 e. The van der Waals surface area contributed by atoms with Crippen LogP contribution >= 0.6 is 0 Å². The van der Waals surface area contributed by atoms with Crippen LogP contribution in [0.5, 0.6) is 0 Å². The lowest BCUT2D eigenvalue weighted by atomic mass is 10.1. The van der Waals surface area contributed by atoms with Crippen LogP contribution in [-0.4, -0.2) is 40.8 Å². The fraction of sp³-hybridized carbons (Fsp3) is 0.846. The smallest absolute Gasteiger partial charge is 0.413 e. The van der Waals surface area contributed by atoms with E-state index in [-0.39, 0.29) is 12.4 Å². The number of rotatable bonds is 12. The second-order valence-electron chi connectivity index (χ2n) is 10.1. The third-order valence-corrected chi connectivity index (χ3v) is 5.50. The van der Waals surface area contributed by atoms with Gasteiger partial charge in [-0.2, -0.15) is 0 Å². The second-order valence-corrected chi connectivity index (χ2v) is 10.1. The van der Waals surface area contributed by atoms with Crippen molar-refractivity contribution in [2.45, 2.75) is 136 Å². The molecule has 1 rings (SSSR count). The molecule has 1 saturated heterocycles. The molecule has 1 aliphatic rings. The van der Waals surface area contributed by atoms with Crippen molar-refractivity contribution in [2.75, 3.05) is 6.61 Å². The van der Waals surface area contributed by atoms with Crippen molar-refractivity contribution in [3.05, 3.63) is 0 Å². The van der Waals surface area contributed by atoms with Crippen molar-refractivity contribution in [1.29, 1.82) is 0 Å². The van der Waals surface area contributed by atoms with Crippen molar-refractivity contribution in [3.8, 4) is 11.8 Å². The van der Waals surface area contributed by atoms with E-state index in [1.165, 1.54) is 62.7 Å². The molecule has 1 aliphatic heterocycles. The van der Waals surface area contributed by atoms with Crippen molar-refractivity contribution in [3.63, 3.8) is 0 Å². The first kappa shape index (κ1) is 27.5. The van der Waals surface area contributed by atoms with Gasteiger partial charge in [-0.05, 0) is 47.0 Å². The quantitative estimate of drug-likeness (QED) is 0.196. The normalized spacial score (nSPS) is 17.9. The number of Topliss-reactive ketones (excluding diaryl/α,β-unsaturated/α-hetero) is 1. The first-order chi connectivity index (χ1) is 14.6. The van der Waals surface area contributed by atoms with E-state index < -0.39 is 23.5 Å². The molecule has 1 heterocycles. The third-order valence-electron chi connectivity index (χ3n) is 5.50. The number of carbonyl (C=O) groups excluding carboxylic acids is 2. The van der Waals surface area contributed by atoms with Gasteiger partial charge >= 0.3 is 6.09 Å². The molecule has 1 unspecified atom stereocenters. The van der Waals surface area contributed by atoms with Gasteiger partial charge in [-0.15, -0.1) is 0 Å². The molecule has 0 aliphatic carbocycles. The molecule has 5 heteroatoms. The summed E-state index contributed by atoms with van der Waals surface area (Å²) in [6, 6.07) is -0.713. The van der Waals surface area contributed by atoms with Crippen molar-refractivity contribution in [1.82, 2.24) is 4.90 Å². The Morgan fingerprint density at radius 3 is 2.00 bits per heavy atom. The van der Waals surface area contributed by atoms with Crippen molar-refractivity contribution in [2.24, 2.45) is 0 Å². The predicted octanol–water partition coefficient (Wildman–Crippen LogP) is 6.63. The lowest BCUT2D eigenvalue weighted by Crippen LogP contribution is -2.52. The molecule has 0 aromatic rings. The zero-order valence-corrected chi connectivity index (χ0v) is 20.8. The molecule has 1 fully saturated rings. The predicted molar refractivity (Wildman–Crippen MR) is 126 cm³/mol. The Labute approximate surface area is 190 Å². The zero-order valence-electron chi connectivity index (χ0n) is 20.8. The molecule has 1 atom stereocenters. The average molecular weight is 436 g/mol. The van der Waals surface area contributed by atoms with Crippen LogP contribution in [0.25, 0.3) is 0 Å². The molecule has 5 nitrogen and oxygen atoms in total. The highest BCUT2D eigenvalue weighted by Gasteiger charge is 2.48. The van der Waals surface area contributed by atoms with E-state index in [4.69, 9.17) is 9.47 Å². The maximum Gasteiger partial charge on any atom is 0.413 e. The fourth-order valence-electron chi connectivity index (χ4n) is 3.76. The summed E-state index contributed by atoms with van der Waals surface area (Å²) < 4.78 is 11.1. The van der Waals surface area contributed by atoms with Gasteiger partial charge in [0.25, 0.3) is 0 Å². The van der Waals surface area contributed by atoms with Crippen molar-refractivity contribution < 1.29 is 19.1 Å². The standard InChI is InChI=1S/C26H45NO4/c1-7-8-9-10-11-12-13-14-15-16-17-18-19-20-23(28)22-21-30-26(5,6)27(22)24(29)31-25(2,3)4/h22H,7-18,21H2,1-6H3. The number of unbranched alkanes of at least 4 members (excludes halogenated alkanes) is 11. The summed E-state index contributed by atoms with van der Waals surface area (Å²) in [5.74, 6) is 5.44. The molecular weight excluding hydrogens is 390 g/mol. The SMILES string of the molecule is CCCCCCCCCCCCCC#CC(=O)C1COC(C)(C)N1C(=O)OC(C)(C)C. The Morgan fingerprint density at radius 1 is 0.968 bits per heavy atom. The Balaban J connectivity index is 2.30. The van der Waals surface area contributed by atoms with Gasteiger partial charge in [0, 0.05) is 6.42 Å². The first-order valence-electron chi connectivity index (χ1n) is 12.3. The maximum atomic E-state index is 12.6. The van der Waals surface area contributed by atoms with Gasteiger partial charge in [0.2, 0.25) is 5.78 Å². The van der Waals surface area contributed by atoms with Gasteiger partial charge in [0.15, 0.2) is 0 Å². The summed E-state index contributed by atoms with van der Waals surface area (Å²) in [5.41, 5.74) is -1.52. The summed E-state index contributed by atoms with van der Waals surface area (Å²) >= 11 is 0. The van der Waals surface area contributed by atoms with E-state index in [1.807, 2.05) is 0 Å². The molecule has 178 valence electrons. The molecule has 0 aromatic carbocycles. The van der Waals surface area contributed by atoms with E-state index in [0.29, 0.717) is 6.42 Å². The van der Waals surface area contributed by atoms with Crippen LogP contribution in [0.2, 0.25) is 0 Å². The number of hydrogen-bond acceptors (Lipinski definition) is 4. The van der Waals surface area contributed by atoms with E-state index in [9.17, 15) is 9.59 Å². The molecule has 0 saturated carbocycles. The average Bonchev–Trinajstić information content (AvgIpc) is 2.99. The third kappa shape index (κ3) is 11.1. The summed E-state index contributed by atoms with van der Waals surface area (Å²) in [6.07, 6.45) is 14.4. The molecule has 0 radical (unpaired) electrons. The minimum absolute atomic E-state index is 0.151. The largest absolute Gasteiger partial charge is 0.444 e. The van der Waals surface area contributed by atoms with Gasteiger partial charge < -0.3 is 9.47 Å². The zero-order chi connectivity index (χ0) is 23.3. The number of ketones is 1. The second kappa shape index (κ2) is 13.8. The van der Waals surface area contributed by atoms with Crippen LogP contribution in [-0.2, 0) is 14.3 Å². The summed E-state index contributed by atoms with van der Waals surface area (Å²) in [6.45, 7) is 11.4. The lowest BCUT2D eigenvalue weighted by Gasteiger charge is -2.34. The Kier molecular flexibility index (Phi) is 12.2.